The summed E-state index contributed by atoms with van der Waals surface area (Å²) >= 11 is 0. The van der Waals surface area contributed by atoms with Crippen LogP contribution in [0, 0.1) is 17.8 Å². The molecular weight excluding hydrogens is 1410 g/mol. The molecule has 8 heterocycles. The number of H-pyrrole nitrogens is 4. The van der Waals surface area contributed by atoms with Crippen LogP contribution in [-0.4, -0.2) is 177 Å². The lowest BCUT2D eigenvalue weighted by molar-refractivity contribution is -0.137. The molecule has 14 rings (SSSR count). The quantitative estimate of drug-likeness (QED) is 0.0276. The van der Waals surface area contributed by atoms with E-state index in [0.29, 0.717) is 77.0 Å². The average Bonchev–Trinajstić information content (AvgIpc) is 1.67. The molecule has 11 aromatic rings. The number of nitrogens with one attached hydrogen (secondary N) is 8. The van der Waals surface area contributed by atoms with E-state index < -0.39 is 60.4 Å². The van der Waals surface area contributed by atoms with Crippen LogP contribution in [0.1, 0.15) is 152 Å². The molecular formula is C83H94N18O10. The number of hydrogen-bond acceptors (Lipinski definition) is 17. The van der Waals surface area contributed by atoms with Crippen molar-refractivity contribution in [2.24, 2.45) is 17.8 Å². The number of fused-ring (bicyclic) bond motifs is 4. The van der Waals surface area contributed by atoms with Crippen LogP contribution in [0.3, 0.4) is 0 Å². The van der Waals surface area contributed by atoms with E-state index in [2.05, 4.69) is 47.3 Å². The van der Waals surface area contributed by atoms with Gasteiger partial charge in [-0.05, 0) is 159 Å². The smallest absolute Gasteiger partial charge is 0.408 e. The Morgan fingerprint density at radius 3 is 1.37 bits per heavy atom. The Bertz CT molecular complexity index is 5280. The molecule has 8 unspecified atom stereocenters. The highest BCUT2D eigenvalue weighted by atomic mass is 16.6. The minimum absolute atomic E-state index is 0.0401. The number of likely N-dealkylation sites (N-methyl/N-ethyl adjacent to an activating group) is 1. The Morgan fingerprint density at radius 1 is 0.468 bits per heavy atom. The van der Waals surface area contributed by atoms with Gasteiger partial charge < -0.3 is 70.1 Å². The molecule has 0 radical (unpaired) electrons. The Balaban J connectivity index is 0.659. The highest BCUT2D eigenvalue weighted by molar-refractivity contribution is 5.91. The summed E-state index contributed by atoms with van der Waals surface area (Å²) in [7, 11) is 6.38. The van der Waals surface area contributed by atoms with Gasteiger partial charge in [0.05, 0.1) is 106 Å². The Morgan fingerprint density at radius 2 is 0.901 bits per heavy atom. The fourth-order valence-corrected chi connectivity index (χ4v) is 15.6. The highest BCUT2D eigenvalue weighted by Gasteiger charge is 2.41. The molecule has 3 saturated heterocycles. The number of amides is 7. The van der Waals surface area contributed by atoms with E-state index in [1.165, 1.54) is 14.2 Å². The molecule has 6 aromatic carbocycles. The molecule has 0 saturated carbocycles. The van der Waals surface area contributed by atoms with Crippen molar-refractivity contribution in [1.82, 2.24) is 90.7 Å². The molecule has 7 amide bonds. The number of carbonyl (C=O) groups excluding carboxylic acids is 7. The van der Waals surface area contributed by atoms with Gasteiger partial charge in [0.25, 0.3) is 0 Å². The predicted octanol–water partition coefficient (Wildman–Crippen LogP) is 12.8. The van der Waals surface area contributed by atoms with Gasteiger partial charge in [-0.3, -0.25) is 34.0 Å². The van der Waals surface area contributed by atoms with E-state index in [-0.39, 0.29) is 54.2 Å². The van der Waals surface area contributed by atoms with Crippen molar-refractivity contribution >= 4 is 86.0 Å². The van der Waals surface area contributed by atoms with Gasteiger partial charge in [-0.25, -0.2) is 34.3 Å². The van der Waals surface area contributed by atoms with Crippen molar-refractivity contribution in [2.45, 2.75) is 142 Å². The van der Waals surface area contributed by atoms with Gasteiger partial charge in [0.2, 0.25) is 23.6 Å². The second-order valence-corrected chi connectivity index (χ2v) is 30.3. The van der Waals surface area contributed by atoms with E-state index in [4.69, 9.17) is 44.1 Å². The summed E-state index contributed by atoms with van der Waals surface area (Å²) < 4.78 is 15.7. The first-order valence-corrected chi connectivity index (χ1v) is 38.0. The zero-order chi connectivity index (χ0) is 78.1. The van der Waals surface area contributed by atoms with E-state index in [9.17, 15) is 33.6 Å². The largest absolute Gasteiger partial charge is 0.453 e. The number of hydrogen-bond donors (Lipinski definition) is 8. The van der Waals surface area contributed by atoms with Crippen LogP contribution in [0.5, 0.6) is 0 Å². The van der Waals surface area contributed by atoms with E-state index in [1.54, 1.807) is 29.1 Å². The average molecular weight is 1500 g/mol. The van der Waals surface area contributed by atoms with Crippen molar-refractivity contribution in [3.63, 3.8) is 0 Å². The molecule has 28 heteroatoms. The summed E-state index contributed by atoms with van der Waals surface area (Å²) in [4.78, 5) is 146. The molecule has 576 valence electrons. The number of aromatic nitrogens is 10. The monoisotopic (exact) mass is 1500 g/mol. The van der Waals surface area contributed by atoms with Gasteiger partial charge in [-0.15, -0.1) is 0 Å². The standard InChI is InChI=1S/C83H94N18O10/c1-44(2)69(95-81(106)109-10)77(102)86-47(7)73-90-62-39-54(55(40-63(62)91-73)49-25-23-48(24-26-49)51-27-30-56-59(36-51)92-76(87-56)68-22-17-35-101(68)80(105)72(98(8)9)50-18-13-12-14-19-50)43-111-83(108)97-71(46(5)6)79(104)100-34-16-21-67(100)75-89-58-32-29-53(38-61(58)94-75)65-42-84-64(41-85-65)52-28-31-57-60(37-52)93-74(88-57)66-20-15-33-99(66)78(103)70(45(3)4)96-82(107)110-11/h12-14,18-19,23-32,36-42,44-47,66-72H,15-17,20-22,33-35,43H2,1-11H3,(H,86,102)(H,87,92)(H,88,93)(H,89,94)(H,90,91)(H,95,106)(H,96,107)(H,97,108). The number of ether oxygens (including phenoxy) is 3. The number of aromatic amines is 4. The Labute approximate surface area is 642 Å². The number of nitrogens with zero attached hydrogens (tertiary/aromatic N) is 10. The fourth-order valence-electron chi connectivity index (χ4n) is 15.6. The maximum absolute atomic E-state index is 14.9. The normalized spacial score (nSPS) is 17.3. The first-order valence-electron chi connectivity index (χ1n) is 38.0. The first-order chi connectivity index (χ1) is 53.5. The zero-order valence-corrected chi connectivity index (χ0v) is 64.2. The summed E-state index contributed by atoms with van der Waals surface area (Å²) in [5.41, 5.74) is 13.7. The number of imidazole rings is 4. The van der Waals surface area contributed by atoms with Crippen molar-refractivity contribution in [1.29, 1.82) is 0 Å². The summed E-state index contributed by atoms with van der Waals surface area (Å²) in [5.74, 6) is 0.928. The lowest BCUT2D eigenvalue weighted by atomic mass is 9.96. The van der Waals surface area contributed by atoms with E-state index in [1.807, 2.05) is 181 Å². The van der Waals surface area contributed by atoms with Gasteiger partial charge in [0, 0.05) is 30.8 Å². The third-order valence-electron chi connectivity index (χ3n) is 21.6. The summed E-state index contributed by atoms with van der Waals surface area (Å²) in [6, 6.07) is 34.9. The second-order valence-electron chi connectivity index (χ2n) is 30.3. The van der Waals surface area contributed by atoms with Crippen LogP contribution in [0.2, 0.25) is 0 Å². The lowest BCUT2D eigenvalue weighted by Crippen LogP contribution is -2.51. The van der Waals surface area contributed by atoms with Crippen LogP contribution in [0.4, 0.5) is 14.4 Å². The van der Waals surface area contributed by atoms with E-state index in [0.717, 1.165) is 104 Å². The molecule has 28 nitrogen and oxygen atoms in total. The zero-order valence-electron chi connectivity index (χ0n) is 64.2. The third kappa shape index (κ3) is 15.9. The minimum Gasteiger partial charge on any atom is -0.453 e. The number of methoxy groups -OCH3 is 2. The molecule has 0 aliphatic carbocycles. The molecule has 3 fully saturated rings. The van der Waals surface area contributed by atoms with Crippen LogP contribution in [0.15, 0.2) is 134 Å². The number of rotatable bonds is 23. The highest BCUT2D eigenvalue weighted by Crippen LogP contribution is 2.40. The molecule has 8 N–H and O–H groups in total. The molecule has 8 atom stereocenters. The molecule has 3 aliphatic heterocycles. The minimum atomic E-state index is -0.953. The van der Waals surface area contributed by atoms with Crippen LogP contribution in [-0.2, 0) is 40.0 Å². The Hall–Kier alpha value is -12.1. The van der Waals surface area contributed by atoms with Crippen molar-refractivity contribution in [2.75, 3.05) is 47.9 Å². The number of likely N-dealkylation sites (tertiary alicyclic amines) is 3. The van der Waals surface area contributed by atoms with Crippen LogP contribution < -0.4 is 21.3 Å². The fraction of sp³-hybridized carbons (Fsp3) is 0.386. The summed E-state index contributed by atoms with van der Waals surface area (Å²) in [5, 5.41) is 11.2. The van der Waals surface area contributed by atoms with Crippen molar-refractivity contribution in [3.8, 4) is 44.8 Å². The van der Waals surface area contributed by atoms with Gasteiger partial charge >= 0.3 is 18.3 Å². The topological polar surface area (TPSA) is 349 Å². The summed E-state index contributed by atoms with van der Waals surface area (Å²) in [6.45, 7) is 14.4. The van der Waals surface area contributed by atoms with Gasteiger partial charge in [-0.1, -0.05) is 114 Å². The molecule has 111 heavy (non-hydrogen) atoms. The van der Waals surface area contributed by atoms with Crippen molar-refractivity contribution < 1.29 is 47.8 Å². The summed E-state index contributed by atoms with van der Waals surface area (Å²) in [6.07, 6.45) is 5.84. The predicted molar refractivity (Wildman–Crippen MR) is 420 cm³/mol. The number of benzene rings is 6. The van der Waals surface area contributed by atoms with Gasteiger partial charge in [-0.2, -0.15) is 0 Å². The van der Waals surface area contributed by atoms with Crippen molar-refractivity contribution in [3.05, 3.63) is 168 Å². The van der Waals surface area contributed by atoms with Crippen LogP contribution in [0.25, 0.3) is 88.9 Å². The molecule has 0 spiro atoms. The van der Waals surface area contributed by atoms with Crippen LogP contribution >= 0.6 is 0 Å². The molecule has 3 aliphatic rings. The number of carbonyl (C=O) groups is 7. The third-order valence-corrected chi connectivity index (χ3v) is 21.6. The SMILES string of the molecule is COC(=O)NC(C(=O)NC(C)c1nc2cc(-c3ccc(-c4ccc5nc(C6CCCN6C(=O)C(c6ccccc6)N(C)C)[nH]c5c4)cc3)c(COC(=O)NC(C(=O)N3CCCC3c3nc4ccc(-c5cnc(-c6ccc7nc(C8CCCN8C(=O)C(NC(=O)OC)C(C)C)[nH]c7c6)cn5)cc4[nH]3)C(C)C)cc2[nH]1)C(C)C. The number of alkyl carbamates (subject to hydrolysis) is 3. The lowest BCUT2D eigenvalue weighted by Gasteiger charge is -2.31. The van der Waals surface area contributed by atoms with E-state index >= 15 is 0 Å². The molecule has 5 aromatic heterocycles. The van der Waals surface area contributed by atoms with Gasteiger partial charge in [0.1, 0.15) is 54.1 Å². The second kappa shape index (κ2) is 32.2. The van der Waals surface area contributed by atoms with Gasteiger partial charge in [0.15, 0.2) is 0 Å². The maximum Gasteiger partial charge on any atom is 0.408 e. The maximum atomic E-state index is 14.9. The first kappa shape index (κ1) is 75.7. The molecule has 0 bridgehead atoms. The Kier molecular flexibility index (Phi) is 22.0.